The molecule has 0 aliphatic carbocycles. The van der Waals surface area contributed by atoms with Crippen molar-refractivity contribution in [2.45, 2.75) is 19.4 Å². The van der Waals surface area contributed by atoms with E-state index < -0.39 is 0 Å². The first-order valence-corrected chi connectivity index (χ1v) is 7.97. The van der Waals surface area contributed by atoms with Crippen molar-refractivity contribution in [2.75, 3.05) is 18.5 Å². The Morgan fingerprint density at radius 3 is 2.71 bits per heavy atom. The second kappa shape index (κ2) is 8.05. The summed E-state index contributed by atoms with van der Waals surface area (Å²) < 4.78 is 6.72. The fraction of sp³-hybridized carbons (Fsp3) is 0.294. The minimum absolute atomic E-state index is 0.0499. The van der Waals surface area contributed by atoms with Crippen LogP contribution in [0.1, 0.15) is 24.9 Å². The highest BCUT2D eigenvalue weighted by atomic mass is 79.9. The Morgan fingerprint density at radius 1 is 1.19 bits per heavy atom. The van der Waals surface area contributed by atoms with Gasteiger partial charge >= 0.3 is 0 Å². The van der Waals surface area contributed by atoms with Crippen LogP contribution < -0.4 is 15.8 Å². The van der Waals surface area contributed by atoms with Gasteiger partial charge in [-0.1, -0.05) is 31.2 Å². The molecule has 2 rings (SSSR count). The lowest BCUT2D eigenvalue weighted by atomic mass is 10.1. The highest BCUT2D eigenvalue weighted by molar-refractivity contribution is 9.10. The summed E-state index contributed by atoms with van der Waals surface area (Å²) in [7, 11) is 0. The van der Waals surface area contributed by atoms with E-state index in [-0.39, 0.29) is 6.04 Å². The number of hydrogen-bond donors (Lipinski definition) is 2. The maximum Gasteiger partial charge on any atom is 0.119 e. The van der Waals surface area contributed by atoms with Crippen LogP contribution in [0.15, 0.2) is 53.0 Å². The normalized spacial score (nSPS) is 12.0. The van der Waals surface area contributed by atoms with Crippen LogP contribution in [0.4, 0.5) is 5.69 Å². The Hall–Kier alpha value is -1.52. The molecule has 3 N–H and O–H groups in total. The van der Waals surface area contributed by atoms with Crippen molar-refractivity contribution < 1.29 is 4.74 Å². The number of rotatable bonds is 7. The average Bonchev–Trinajstić information content (AvgIpc) is 2.52. The zero-order valence-electron chi connectivity index (χ0n) is 12.2. The van der Waals surface area contributed by atoms with Gasteiger partial charge in [0.2, 0.25) is 0 Å². The molecule has 0 saturated heterocycles. The number of halogens is 1. The fourth-order valence-corrected chi connectivity index (χ4v) is 2.48. The van der Waals surface area contributed by atoms with E-state index in [1.807, 2.05) is 36.4 Å². The topological polar surface area (TPSA) is 47.3 Å². The van der Waals surface area contributed by atoms with Crippen LogP contribution in [0.5, 0.6) is 5.75 Å². The molecule has 0 fully saturated rings. The first-order chi connectivity index (χ1) is 10.2. The minimum atomic E-state index is 0.0499. The predicted molar refractivity (Wildman–Crippen MR) is 91.8 cm³/mol. The van der Waals surface area contributed by atoms with Crippen LogP contribution in [-0.4, -0.2) is 13.2 Å². The smallest absolute Gasteiger partial charge is 0.119 e. The van der Waals surface area contributed by atoms with E-state index in [2.05, 4.69) is 40.3 Å². The molecule has 0 saturated carbocycles. The molecule has 1 unspecified atom stereocenters. The molecule has 0 amide bonds. The summed E-state index contributed by atoms with van der Waals surface area (Å²) in [6, 6.07) is 16.2. The van der Waals surface area contributed by atoms with Gasteiger partial charge < -0.3 is 15.8 Å². The van der Waals surface area contributed by atoms with Crippen molar-refractivity contribution in [3.05, 3.63) is 58.6 Å². The molecular weight excluding hydrogens is 328 g/mol. The first-order valence-electron chi connectivity index (χ1n) is 7.18. The van der Waals surface area contributed by atoms with Crippen LogP contribution in [0.2, 0.25) is 0 Å². The third-order valence-electron chi connectivity index (χ3n) is 3.17. The summed E-state index contributed by atoms with van der Waals surface area (Å²) in [6.45, 7) is 3.34. The second-order valence-electron chi connectivity index (χ2n) is 4.83. The highest BCUT2D eigenvalue weighted by Crippen LogP contribution is 2.27. The molecule has 3 nitrogen and oxygen atoms in total. The van der Waals surface area contributed by atoms with Gasteiger partial charge in [0.1, 0.15) is 5.75 Å². The summed E-state index contributed by atoms with van der Waals surface area (Å²) in [5, 5.41) is 3.47. The molecule has 1 atom stereocenters. The Labute approximate surface area is 134 Å². The Kier molecular flexibility index (Phi) is 6.08. The summed E-state index contributed by atoms with van der Waals surface area (Å²) in [6.07, 6.45) is 1.000. The number of ether oxygens (including phenoxy) is 1. The van der Waals surface area contributed by atoms with Crippen molar-refractivity contribution in [1.82, 2.24) is 0 Å². The standard InChI is InChI=1S/C17H21BrN2O/c1-2-10-21-14-7-5-6-13(11-14)17(12-19)20-16-9-4-3-8-15(16)18/h3-9,11,17,20H,2,10,12,19H2,1H3. The first kappa shape index (κ1) is 15.9. The van der Waals surface area contributed by atoms with Crippen molar-refractivity contribution in [1.29, 1.82) is 0 Å². The monoisotopic (exact) mass is 348 g/mol. The van der Waals surface area contributed by atoms with Gasteiger partial charge in [-0.25, -0.2) is 0 Å². The Morgan fingerprint density at radius 2 is 2.00 bits per heavy atom. The highest BCUT2D eigenvalue weighted by Gasteiger charge is 2.11. The molecule has 2 aromatic rings. The van der Waals surface area contributed by atoms with Gasteiger partial charge in [-0.2, -0.15) is 0 Å². The molecule has 0 aromatic heterocycles. The third-order valence-corrected chi connectivity index (χ3v) is 3.86. The van der Waals surface area contributed by atoms with E-state index >= 15 is 0 Å². The molecule has 0 aliphatic heterocycles. The number of nitrogens with one attached hydrogen (secondary N) is 1. The average molecular weight is 349 g/mol. The number of para-hydroxylation sites is 1. The van der Waals surface area contributed by atoms with Gasteiger partial charge in [0, 0.05) is 16.7 Å². The van der Waals surface area contributed by atoms with Gasteiger partial charge in [0.15, 0.2) is 0 Å². The van der Waals surface area contributed by atoms with Gasteiger partial charge in [0.05, 0.1) is 12.6 Å². The molecular formula is C17H21BrN2O. The molecule has 0 heterocycles. The van der Waals surface area contributed by atoms with Crippen molar-refractivity contribution in [3.63, 3.8) is 0 Å². The van der Waals surface area contributed by atoms with Gasteiger partial charge in [-0.05, 0) is 52.2 Å². The molecule has 4 heteroatoms. The molecule has 21 heavy (non-hydrogen) atoms. The summed E-state index contributed by atoms with van der Waals surface area (Å²) in [5.74, 6) is 0.890. The van der Waals surface area contributed by atoms with E-state index in [1.165, 1.54) is 0 Å². The van der Waals surface area contributed by atoms with Crippen molar-refractivity contribution in [3.8, 4) is 5.75 Å². The number of hydrogen-bond acceptors (Lipinski definition) is 3. The molecule has 112 valence electrons. The van der Waals surface area contributed by atoms with E-state index in [1.54, 1.807) is 0 Å². The predicted octanol–water partition coefficient (Wildman–Crippen LogP) is 4.35. The van der Waals surface area contributed by atoms with E-state index in [9.17, 15) is 0 Å². The maximum atomic E-state index is 5.93. The SMILES string of the molecule is CCCOc1cccc(C(CN)Nc2ccccc2Br)c1. The number of nitrogens with two attached hydrogens (primary N) is 1. The Bertz CT molecular complexity index is 574. The minimum Gasteiger partial charge on any atom is -0.494 e. The lowest BCUT2D eigenvalue weighted by Crippen LogP contribution is -2.20. The van der Waals surface area contributed by atoms with Crippen LogP contribution in [0.25, 0.3) is 0 Å². The molecule has 0 radical (unpaired) electrons. The van der Waals surface area contributed by atoms with E-state index in [4.69, 9.17) is 10.5 Å². The Balaban J connectivity index is 2.15. The van der Waals surface area contributed by atoms with Gasteiger partial charge in [0.25, 0.3) is 0 Å². The van der Waals surface area contributed by atoms with Gasteiger partial charge in [-0.15, -0.1) is 0 Å². The number of anilines is 1. The molecule has 0 spiro atoms. The van der Waals surface area contributed by atoms with Crippen LogP contribution in [0, 0.1) is 0 Å². The largest absolute Gasteiger partial charge is 0.494 e. The van der Waals surface area contributed by atoms with Gasteiger partial charge in [-0.3, -0.25) is 0 Å². The van der Waals surface area contributed by atoms with Crippen molar-refractivity contribution >= 4 is 21.6 Å². The number of benzene rings is 2. The lowest BCUT2D eigenvalue weighted by molar-refractivity contribution is 0.317. The van der Waals surface area contributed by atoms with E-state index in [0.29, 0.717) is 6.54 Å². The van der Waals surface area contributed by atoms with Crippen LogP contribution in [-0.2, 0) is 0 Å². The lowest BCUT2D eigenvalue weighted by Gasteiger charge is -2.20. The summed E-state index contributed by atoms with van der Waals surface area (Å²) in [4.78, 5) is 0. The zero-order chi connectivity index (χ0) is 15.1. The molecule has 0 bridgehead atoms. The maximum absolute atomic E-state index is 5.93. The van der Waals surface area contributed by atoms with Crippen molar-refractivity contribution in [2.24, 2.45) is 5.73 Å². The van der Waals surface area contributed by atoms with Crippen LogP contribution >= 0.6 is 15.9 Å². The zero-order valence-corrected chi connectivity index (χ0v) is 13.8. The molecule has 0 aliphatic rings. The van der Waals surface area contributed by atoms with Crippen LogP contribution in [0.3, 0.4) is 0 Å². The summed E-state index contributed by atoms with van der Waals surface area (Å²) >= 11 is 3.55. The van der Waals surface area contributed by atoms with E-state index in [0.717, 1.165) is 34.5 Å². The summed E-state index contributed by atoms with van der Waals surface area (Å²) in [5.41, 5.74) is 8.10. The third kappa shape index (κ3) is 4.48. The fourth-order valence-electron chi connectivity index (χ4n) is 2.09. The quantitative estimate of drug-likeness (QED) is 0.781. The second-order valence-corrected chi connectivity index (χ2v) is 5.69. The molecule has 2 aromatic carbocycles.